The maximum absolute atomic E-state index is 12.8. The Morgan fingerprint density at radius 3 is 2.44 bits per heavy atom. The molecule has 2 heterocycles. The SMILES string of the molecule is CCn1cc(C(=O)N[C@@H](C(=O)O)C(C)C)c(=O)c2cc3c(cc21)OCO3.O. The van der Waals surface area contributed by atoms with Gasteiger partial charge in [-0.1, -0.05) is 13.8 Å². The monoisotopic (exact) mass is 378 g/mol. The van der Waals surface area contributed by atoms with Crippen molar-refractivity contribution < 1.29 is 29.6 Å². The minimum atomic E-state index is -1.15. The fourth-order valence-corrected chi connectivity index (χ4v) is 2.94. The van der Waals surface area contributed by atoms with Crippen LogP contribution in [0.5, 0.6) is 11.5 Å². The molecule has 9 heteroatoms. The second kappa shape index (κ2) is 7.67. The molecule has 1 amide bonds. The summed E-state index contributed by atoms with van der Waals surface area (Å²) < 4.78 is 12.4. The predicted octanol–water partition coefficient (Wildman–Crippen LogP) is 0.764. The summed E-state index contributed by atoms with van der Waals surface area (Å²) in [5.74, 6) is -1.19. The summed E-state index contributed by atoms with van der Waals surface area (Å²) in [5, 5.41) is 12.0. The Bertz CT molecular complexity index is 949. The van der Waals surface area contributed by atoms with E-state index < -0.39 is 23.3 Å². The van der Waals surface area contributed by atoms with Crippen LogP contribution in [0.15, 0.2) is 23.1 Å². The second-order valence-corrected chi connectivity index (χ2v) is 6.41. The van der Waals surface area contributed by atoms with Gasteiger partial charge in [0, 0.05) is 18.8 Å². The van der Waals surface area contributed by atoms with Crippen molar-refractivity contribution in [2.45, 2.75) is 33.4 Å². The van der Waals surface area contributed by atoms with Gasteiger partial charge in [-0.15, -0.1) is 0 Å². The molecule has 0 spiro atoms. The molecule has 4 N–H and O–H groups in total. The molecule has 1 aromatic heterocycles. The highest BCUT2D eigenvalue weighted by Gasteiger charge is 2.26. The van der Waals surface area contributed by atoms with Crippen LogP contribution in [0.4, 0.5) is 0 Å². The molecule has 0 unspecified atom stereocenters. The van der Waals surface area contributed by atoms with E-state index in [0.29, 0.717) is 28.9 Å². The fraction of sp³-hybridized carbons (Fsp3) is 0.389. The van der Waals surface area contributed by atoms with E-state index in [0.717, 1.165) is 0 Å². The summed E-state index contributed by atoms with van der Waals surface area (Å²) in [6.07, 6.45) is 1.45. The van der Waals surface area contributed by atoms with E-state index in [2.05, 4.69) is 5.32 Å². The highest BCUT2D eigenvalue weighted by Crippen LogP contribution is 2.35. The summed E-state index contributed by atoms with van der Waals surface area (Å²) in [7, 11) is 0. The number of aryl methyl sites for hydroxylation is 1. The number of aromatic nitrogens is 1. The lowest BCUT2D eigenvalue weighted by Gasteiger charge is -2.18. The molecule has 0 saturated carbocycles. The molecular weight excluding hydrogens is 356 g/mol. The van der Waals surface area contributed by atoms with Gasteiger partial charge in [0.2, 0.25) is 12.2 Å². The highest BCUT2D eigenvalue weighted by molar-refractivity contribution is 5.99. The number of nitrogens with zero attached hydrogens (tertiary/aromatic N) is 1. The van der Waals surface area contributed by atoms with Crippen molar-refractivity contribution >= 4 is 22.8 Å². The zero-order valence-electron chi connectivity index (χ0n) is 15.2. The van der Waals surface area contributed by atoms with E-state index in [-0.39, 0.29) is 23.8 Å². The zero-order chi connectivity index (χ0) is 19.0. The fourth-order valence-electron chi connectivity index (χ4n) is 2.94. The summed E-state index contributed by atoms with van der Waals surface area (Å²) in [4.78, 5) is 36.8. The largest absolute Gasteiger partial charge is 0.480 e. The number of ether oxygens (including phenoxy) is 2. The van der Waals surface area contributed by atoms with E-state index in [9.17, 15) is 19.5 Å². The number of hydrogen-bond donors (Lipinski definition) is 2. The van der Waals surface area contributed by atoms with Gasteiger partial charge in [-0.3, -0.25) is 9.59 Å². The van der Waals surface area contributed by atoms with Crippen molar-refractivity contribution in [3.63, 3.8) is 0 Å². The van der Waals surface area contributed by atoms with Gasteiger partial charge in [-0.05, 0) is 18.9 Å². The lowest BCUT2D eigenvalue weighted by atomic mass is 10.0. The van der Waals surface area contributed by atoms with Crippen molar-refractivity contribution in [3.05, 3.63) is 34.1 Å². The number of pyridine rings is 1. The summed E-state index contributed by atoms with van der Waals surface area (Å²) >= 11 is 0. The lowest BCUT2D eigenvalue weighted by molar-refractivity contribution is -0.140. The molecule has 9 nitrogen and oxygen atoms in total. The molecule has 1 aromatic carbocycles. The Morgan fingerprint density at radius 2 is 1.89 bits per heavy atom. The minimum absolute atomic E-state index is 0. The maximum atomic E-state index is 12.8. The average molecular weight is 378 g/mol. The first kappa shape index (κ1) is 20.2. The lowest BCUT2D eigenvalue weighted by Crippen LogP contribution is -2.45. The molecule has 0 fully saturated rings. The average Bonchev–Trinajstić information content (AvgIpc) is 3.05. The number of nitrogens with one attached hydrogen (secondary N) is 1. The summed E-state index contributed by atoms with van der Waals surface area (Å²) in [6.45, 7) is 5.84. The van der Waals surface area contributed by atoms with Crippen LogP contribution in [-0.4, -0.2) is 39.9 Å². The quantitative estimate of drug-likeness (QED) is 0.788. The van der Waals surface area contributed by atoms with Crippen LogP contribution in [0.3, 0.4) is 0 Å². The molecule has 0 aliphatic carbocycles. The molecule has 1 aliphatic heterocycles. The first-order chi connectivity index (χ1) is 12.3. The number of fused-ring (bicyclic) bond motifs is 2. The molecule has 2 aromatic rings. The number of carboxylic acid groups (broad SMARTS) is 1. The number of carbonyl (C=O) groups is 2. The third-order valence-electron chi connectivity index (χ3n) is 4.38. The Hall–Kier alpha value is -3.07. The van der Waals surface area contributed by atoms with Crippen LogP contribution >= 0.6 is 0 Å². The van der Waals surface area contributed by atoms with Gasteiger partial charge in [0.15, 0.2) is 11.5 Å². The van der Waals surface area contributed by atoms with Crippen molar-refractivity contribution in [2.75, 3.05) is 6.79 Å². The van der Waals surface area contributed by atoms with Gasteiger partial charge in [0.05, 0.1) is 10.9 Å². The molecule has 0 saturated heterocycles. The number of aliphatic carboxylic acids is 1. The van der Waals surface area contributed by atoms with Gasteiger partial charge in [0.25, 0.3) is 5.91 Å². The van der Waals surface area contributed by atoms with Gasteiger partial charge >= 0.3 is 5.97 Å². The van der Waals surface area contributed by atoms with E-state index >= 15 is 0 Å². The summed E-state index contributed by atoms with van der Waals surface area (Å²) in [5.41, 5.74) is 0.0375. The first-order valence-corrected chi connectivity index (χ1v) is 8.34. The standard InChI is InChI=1S/C18H20N2O6.H2O/c1-4-20-7-11(17(22)19-15(9(2)3)18(23)24)16(21)10-5-13-14(6-12(10)20)26-8-25-13;/h5-7,9,15H,4,8H2,1-3H3,(H,19,22)(H,23,24);1H2/t15-;/m1./s1. The predicted molar refractivity (Wildman–Crippen MR) is 97.3 cm³/mol. The van der Waals surface area contributed by atoms with Crippen LogP contribution in [0.2, 0.25) is 0 Å². The molecule has 146 valence electrons. The van der Waals surface area contributed by atoms with Crippen molar-refractivity contribution in [1.82, 2.24) is 9.88 Å². The number of amides is 1. The topological polar surface area (TPSA) is 138 Å². The number of carboxylic acids is 1. The van der Waals surface area contributed by atoms with Crippen LogP contribution in [0, 0.1) is 5.92 Å². The first-order valence-electron chi connectivity index (χ1n) is 8.34. The van der Waals surface area contributed by atoms with Gasteiger partial charge in [-0.25, -0.2) is 4.79 Å². The Kier molecular flexibility index (Phi) is 5.75. The third kappa shape index (κ3) is 3.59. The van der Waals surface area contributed by atoms with E-state index in [1.165, 1.54) is 6.20 Å². The van der Waals surface area contributed by atoms with Crippen molar-refractivity contribution in [2.24, 2.45) is 5.92 Å². The van der Waals surface area contributed by atoms with Crippen LogP contribution in [0.1, 0.15) is 31.1 Å². The molecule has 1 atom stereocenters. The molecule has 0 radical (unpaired) electrons. The normalized spacial score (nSPS) is 13.3. The second-order valence-electron chi connectivity index (χ2n) is 6.41. The van der Waals surface area contributed by atoms with Gasteiger partial charge < -0.3 is 29.9 Å². The minimum Gasteiger partial charge on any atom is -0.480 e. The number of hydrogen-bond acceptors (Lipinski definition) is 5. The molecule has 27 heavy (non-hydrogen) atoms. The van der Waals surface area contributed by atoms with Crippen molar-refractivity contribution in [3.8, 4) is 11.5 Å². The molecule has 1 aliphatic rings. The van der Waals surface area contributed by atoms with Crippen LogP contribution in [0.25, 0.3) is 10.9 Å². The maximum Gasteiger partial charge on any atom is 0.326 e. The smallest absolute Gasteiger partial charge is 0.326 e. The highest BCUT2D eigenvalue weighted by atomic mass is 16.7. The van der Waals surface area contributed by atoms with Gasteiger partial charge in [-0.2, -0.15) is 0 Å². The van der Waals surface area contributed by atoms with Gasteiger partial charge in [0.1, 0.15) is 11.6 Å². The van der Waals surface area contributed by atoms with Crippen LogP contribution < -0.4 is 20.2 Å². The van der Waals surface area contributed by atoms with E-state index in [1.54, 1.807) is 30.5 Å². The zero-order valence-corrected chi connectivity index (χ0v) is 15.2. The Morgan fingerprint density at radius 1 is 1.26 bits per heavy atom. The molecular formula is C18H22N2O7. The molecule has 3 rings (SSSR count). The third-order valence-corrected chi connectivity index (χ3v) is 4.38. The van der Waals surface area contributed by atoms with Crippen molar-refractivity contribution in [1.29, 1.82) is 0 Å². The Labute approximate surface area is 154 Å². The number of rotatable bonds is 5. The number of carbonyl (C=O) groups excluding carboxylic acids is 1. The number of benzene rings is 1. The molecule has 0 bridgehead atoms. The van der Waals surface area contributed by atoms with Crippen LogP contribution in [-0.2, 0) is 11.3 Å². The van der Waals surface area contributed by atoms with E-state index in [1.807, 2.05) is 6.92 Å². The Balaban J connectivity index is 0.00000261. The summed E-state index contributed by atoms with van der Waals surface area (Å²) in [6, 6.07) is 2.18. The van der Waals surface area contributed by atoms with E-state index in [4.69, 9.17) is 9.47 Å².